The number of methoxy groups -OCH3 is 2. The number of fused-ring (bicyclic) bond motifs is 1. The molecular weight excluding hydrogens is 484 g/mol. The third-order valence-electron chi connectivity index (χ3n) is 6.56. The zero-order valence-electron chi connectivity index (χ0n) is 20.9. The molecule has 6 heteroatoms. The minimum absolute atomic E-state index is 0.105. The summed E-state index contributed by atoms with van der Waals surface area (Å²) < 4.78 is 10.8. The smallest absolute Gasteiger partial charge is 0.252 e. The molecule has 0 fully saturated rings. The molecule has 4 aromatic rings. The fraction of sp³-hybridized carbons (Fsp3) is 0.161. The van der Waals surface area contributed by atoms with Crippen molar-refractivity contribution in [3.8, 4) is 11.5 Å². The topological polar surface area (TPSA) is 51.1 Å². The van der Waals surface area contributed by atoms with Crippen LogP contribution in [0.3, 0.4) is 0 Å². The molecule has 0 unspecified atom stereocenters. The molecule has 0 bridgehead atoms. The Labute approximate surface area is 221 Å². The first-order chi connectivity index (χ1) is 18.0. The summed E-state index contributed by atoms with van der Waals surface area (Å²) in [6, 6.07) is 30.1. The number of benzodiazepines with no additional fused rings is 1. The molecular formula is C31H27ClN2O3. The number of amides is 1. The van der Waals surface area contributed by atoms with Crippen molar-refractivity contribution in [2.45, 2.75) is 19.0 Å². The highest BCUT2D eigenvalue weighted by Crippen LogP contribution is 2.40. The van der Waals surface area contributed by atoms with Crippen LogP contribution < -0.4 is 14.4 Å². The minimum atomic E-state index is -0.611. The van der Waals surface area contributed by atoms with Crippen LogP contribution in [-0.4, -0.2) is 31.9 Å². The molecule has 0 aromatic heterocycles. The highest BCUT2D eigenvalue weighted by atomic mass is 35.5. The predicted octanol–water partition coefficient (Wildman–Crippen LogP) is 6.72. The van der Waals surface area contributed by atoms with Crippen molar-refractivity contribution >= 4 is 28.9 Å². The van der Waals surface area contributed by atoms with Crippen LogP contribution in [0.25, 0.3) is 0 Å². The van der Waals surface area contributed by atoms with Gasteiger partial charge in [-0.25, -0.2) is 0 Å². The van der Waals surface area contributed by atoms with Crippen molar-refractivity contribution in [3.05, 3.63) is 124 Å². The number of anilines is 1. The summed E-state index contributed by atoms with van der Waals surface area (Å²) in [5.41, 5.74) is 5.11. The van der Waals surface area contributed by atoms with Crippen LogP contribution >= 0.6 is 11.6 Å². The van der Waals surface area contributed by atoms with Gasteiger partial charge in [-0.2, -0.15) is 0 Å². The van der Waals surface area contributed by atoms with Gasteiger partial charge in [-0.15, -0.1) is 0 Å². The first-order valence-corrected chi connectivity index (χ1v) is 12.4. The lowest BCUT2D eigenvalue weighted by molar-refractivity contribution is -0.119. The van der Waals surface area contributed by atoms with Gasteiger partial charge in [0.1, 0.15) is 17.5 Å². The van der Waals surface area contributed by atoms with E-state index in [-0.39, 0.29) is 5.91 Å². The highest BCUT2D eigenvalue weighted by molar-refractivity contribution is 6.32. The SMILES string of the molecule is COc1ccc(C(c2ccc(OC)cc2)N2C(=O)[C@H](C)N=C(c3ccccc3)c3cc(Cl)ccc32)cc1. The van der Waals surface area contributed by atoms with Crippen LogP contribution in [0.15, 0.2) is 102 Å². The monoisotopic (exact) mass is 510 g/mol. The summed E-state index contributed by atoms with van der Waals surface area (Å²) in [4.78, 5) is 20.9. The quantitative estimate of drug-likeness (QED) is 0.289. The molecule has 186 valence electrons. The lowest BCUT2D eigenvalue weighted by Gasteiger charge is -2.34. The molecule has 0 spiro atoms. The van der Waals surface area contributed by atoms with E-state index in [9.17, 15) is 4.79 Å². The molecule has 5 rings (SSSR count). The predicted molar refractivity (Wildman–Crippen MR) is 148 cm³/mol. The maximum absolute atomic E-state index is 14.1. The van der Waals surface area contributed by atoms with Gasteiger partial charge in [-0.05, 0) is 60.5 Å². The van der Waals surface area contributed by atoms with Crippen molar-refractivity contribution in [1.29, 1.82) is 0 Å². The molecule has 0 aliphatic carbocycles. The van der Waals surface area contributed by atoms with Crippen LogP contribution in [0.1, 0.15) is 35.2 Å². The molecule has 0 saturated heterocycles. The molecule has 0 N–H and O–H groups in total. The van der Waals surface area contributed by atoms with E-state index < -0.39 is 12.1 Å². The number of hydrogen-bond acceptors (Lipinski definition) is 4. The van der Waals surface area contributed by atoms with E-state index in [1.807, 2.05) is 109 Å². The van der Waals surface area contributed by atoms with Gasteiger partial charge in [-0.1, -0.05) is 66.2 Å². The van der Waals surface area contributed by atoms with Gasteiger partial charge in [0, 0.05) is 16.1 Å². The highest BCUT2D eigenvalue weighted by Gasteiger charge is 2.36. The third kappa shape index (κ3) is 4.83. The van der Waals surface area contributed by atoms with E-state index in [1.54, 1.807) is 14.2 Å². The van der Waals surface area contributed by atoms with Crippen molar-refractivity contribution in [1.82, 2.24) is 0 Å². The van der Waals surface area contributed by atoms with Gasteiger partial charge in [0.2, 0.25) is 0 Å². The number of nitrogens with zero attached hydrogens (tertiary/aromatic N) is 2. The van der Waals surface area contributed by atoms with Crippen molar-refractivity contribution in [3.63, 3.8) is 0 Å². The zero-order chi connectivity index (χ0) is 25.9. The van der Waals surface area contributed by atoms with E-state index >= 15 is 0 Å². The Morgan fingerprint density at radius 1 is 0.811 bits per heavy atom. The second kappa shape index (κ2) is 10.5. The fourth-order valence-electron chi connectivity index (χ4n) is 4.70. The van der Waals surface area contributed by atoms with Gasteiger partial charge in [0.25, 0.3) is 5.91 Å². The number of halogens is 1. The standard InChI is InChI=1S/C31H27ClN2O3/c1-20-31(35)34(28-18-13-24(32)19-27(28)29(33-20)21-7-5-4-6-8-21)30(22-9-14-25(36-2)15-10-22)23-11-16-26(37-3)17-12-23/h4-20,30H,1-3H3/t20-/m0/s1. The fourth-order valence-corrected chi connectivity index (χ4v) is 4.87. The lowest BCUT2D eigenvalue weighted by Crippen LogP contribution is -2.40. The summed E-state index contributed by atoms with van der Waals surface area (Å²) in [7, 11) is 3.27. The van der Waals surface area contributed by atoms with E-state index in [1.165, 1.54) is 0 Å². The number of hydrogen-bond donors (Lipinski definition) is 0. The van der Waals surface area contributed by atoms with Gasteiger partial charge in [-0.3, -0.25) is 14.7 Å². The number of ether oxygens (including phenoxy) is 2. The Morgan fingerprint density at radius 3 is 1.92 bits per heavy atom. The van der Waals surface area contributed by atoms with E-state index in [0.717, 1.165) is 45.2 Å². The first-order valence-electron chi connectivity index (χ1n) is 12.0. The summed E-state index contributed by atoms with van der Waals surface area (Å²) in [5.74, 6) is 1.38. The molecule has 37 heavy (non-hydrogen) atoms. The van der Waals surface area contributed by atoms with E-state index in [0.29, 0.717) is 5.02 Å². The molecule has 1 heterocycles. The van der Waals surface area contributed by atoms with E-state index in [2.05, 4.69) is 0 Å². The second-order valence-electron chi connectivity index (χ2n) is 8.84. The third-order valence-corrected chi connectivity index (χ3v) is 6.79. The molecule has 5 nitrogen and oxygen atoms in total. The summed E-state index contributed by atoms with van der Waals surface area (Å²) in [5, 5.41) is 0.578. The minimum Gasteiger partial charge on any atom is -0.497 e. The lowest BCUT2D eigenvalue weighted by atomic mass is 9.94. The average molecular weight is 511 g/mol. The molecule has 0 radical (unpaired) electrons. The van der Waals surface area contributed by atoms with Crippen LogP contribution in [0.2, 0.25) is 5.02 Å². The van der Waals surface area contributed by atoms with Crippen molar-refractivity contribution < 1.29 is 14.3 Å². The van der Waals surface area contributed by atoms with E-state index in [4.69, 9.17) is 26.1 Å². The average Bonchev–Trinajstić information content (AvgIpc) is 3.04. The van der Waals surface area contributed by atoms with Crippen molar-refractivity contribution in [2.24, 2.45) is 4.99 Å². The van der Waals surface area contributed by atoms with Crippen LogP contribution in [-0.2, 0) is 4.79 Å². The molecule has 4 aromatic carbocycles. The Bertz CT molecular complexity index is 1390. The summed E-state index contributed by atoms with van der Waals surface area (Å²) >= 11 is 6.50. The normalized spacial score (nSPS) is 15.2. The maximum Gasteiger partial charge on any atom is 0.252 e. The number of rotatable bonds is 6. The van der Waals surface area contributed by atoms with Gasteiger partial charge < -0.3 is 9.47 Å². The maximum atomic E-state index is 14.1. The molecule has 1 atom stereocenters. The van der Waals surface area contributed by atoms with Crippen molar-refractivity contribution in [2.75, 3.05) is 19.1 Å². The molecule has 0 saturated carbocycles. The summed E-state index contributed by atoms with van der Waals surface area (Å²) in [6.45, 7) is 1.84. The van der Waals surface area contributed by atoms with Crippen LogP contribution in [0.4, 0.5) is 5.69 Å². The Kier molecular flexibility index (Phi) is 6.97. The number of benzene rings is 4. The zero-order valence-corrected chi connectivity index (χ0v) is 21.6. The molecule has 1 amide bonds. The molecule has 1 aliphatic heterocycles. The van der Waals surface area contributed by atoms with Gasteiger partial charge >= 0.3 is 0 Å². The Hall–Kier alpha value is -4.09. The number of carbonyl (C=O) groups excluding carboxylic acids is 1. The largest absolute Gasteiger partial charge is 0.497 e. The van der Waals surface area contributed by atoms with Crippen LogP contribution in [0.5, 0.6) is 11.5 Å². The van der Waals surface area contributed by atoms with Crippen LogP contribution in [0, 0.1) is 0 Å². The second-order valence-corrected chi connectivity index (χ2v) is 9.27. The van der Waals surface area contributed by atoms with Gasteiger partial charge in [0.05, 0.1) is 31.7 Å². The Morgan fingerprint density at radius 2 is 1.38 bits per heavy atom. The molecule has 1 aliphatic rings. The first kappa shape index (κ1) is 24.6. The Balaban J connectivity index is 1.74. The van der Waals surface area contributed by atoms with Gasteiger partial charge in [0.15, 0.2) is 0 Å². The summed E-state index contributed by atoms with van der Waals surface area (Å²) in [6.07, 6.45) is 0. The number of aliphatic imine (C=N–C) groups is 1. The number of carbonyl (C=O) groups is 1.